The number of aromatic nitrogens is 1. The molecule has 108 valence electrons. The van der Waals surface area contributed by atoms with Crippen molar-refractivity contribution in [3.8, 4) is 0 Å². The molecule has 0 aliphatic heterocycles. The zero-order valence-corrected chi connectivity index (χ0v) is 13.7. The molecule has 1 N–H and O–H groups in total. The summed E-state index contributed by atoms with van der Waals surface area (Å²) in [5, 5.41) is 5.20. The fourth-order valence-electron chi connectivity index (χ4n) is 3.16. The Labute approximate surface area is 122 Å². The van der Waals surface area contributed by atoms with Crippen LogP contribution in [0.5, 0.6) is 0 Å². The van der Waals surface area contributed by atoms with E-state index in [-0.39, 0.29) is 5.54 Å². The highest BCUT2D eigenvalue weighted by Gasteiger charge is 2.35. The molecule has 0 aromatic carbocycles. The molecule has 0 spiro atoms. The molecule has 0 amide bonds. The van der Waals surface area contributed by atoms with Gasteiger partial charge in [0.15, 0.2) is 0 Å². The van der Waals surface area contributed by atoms with Gasteiger partial charge in [-0.2, -0.15) is 0 Å². The van der Waals surface area contributed by atoms with Crippen LogP contribution in [0.4, 0.5) is 0 Å². The molecule has 0 radical (unpaired) electrons. The predicted molar refractivity (Wildman–Crippen MR) is 83.9 cm³/mol. The number of nitrogens with one attached hydrogen (secondary N) is 1. The predicted octanol–water partition coefficient (Wildman–Crippen LogP) is 4.70. The molecule has 1 aromatic rings. The van der Waals surface area contributed by atoms with E-state index in [1.807, 2.05) is 11.3 Å². The van der Waals surface area contributed by atoms with Gasteiger partial charge in [0.2, 0.25) is 0 Å². The van der Waals surface area contributed by atoms with E-state index in [0.29, 0.717) is 6.04 Å². The Morgan fingerprint density at radius 3 is 2.11 bits per heavy atom. The molecule has 2 nitrogen and oxygen atoms in total. The van der Waals surface area contributed by atoms with Crippen LogP contribution in [0.2, 0.25) is 0 Å². The lowest BCUT2D eigenvalue weighted by Crippen LogP contribution is -2.46. The third-order valence-electron chi connectivity index (χ3n) is 4.21. The zero-order chi connectivity index (χ0) is 13.9. The fraction of sp³-hybridized carbons (Fsp3) is 0.812. The lowest BCUT2D eigenvalue weighted by atomic mass is 9.83. The molecular formula is C16H28N2S. The molecule has 1 aromatic heterocycles. The lowest BCUT2D eigenvalue weighted by molar-refractivity contribution is 0.233. The largest absolute Gasteiger partial charge is 0.303 e. The molecule has 0 saturated heterocycles. The fourth-order valence-corrected chi connectivity index (χ4v) is 4.28. The minimum Gasteiger partial charge on any atom is -0.303 e. The van der Waals surface area contributed by atoms with Crippen LogP contribution in [0.15, 0.2) is 0 Å². The van der Waals surface area contributed by atoms with Gasteiger partial charge in [-0.3, -0.25) is 0 Å². The zero-order valence-electron chi connectivity index (χ0n) is 12.9. The summed E-state index contributed by atoms with van der Waals surface area (Å²) in [7, 11) is 0. The Kier molecular flexibility index (Phi) is 5.02. The summed E-state index contributed by atoms with van der Waals surface area (Å²) >= 11 is 1.90. The van der Waals surface area contributed by atoms with E-state index in [2.05, 4.69) is 33.0 Å². The van der Waals surface area contributed by atoms with Gasteiger partial charge in [-0.1, -0.05) is 32.1 Å². The van der Waals surface area contributed by atoms with E-state index in [4.69, 9.17) is 4.98 Å². The van der Waals surface area contributed by atoms with Crippen LogP contribution in [0.25, 0.3) is 0 Å². The SMILES string of the molecule is Cc1nc(C2(NC(C)C)CCCCCCC2)sc1C. The molecule has 1 fully saturated rings. The second kappa shape index (κ2) is 6.36. The second-order valence-corrected chi connectivity index (χ2v) is 7.51. The average molecular weight is 280 g/mol. The van der Waals surface area contributed by atoms with Crippen molar-refractivity contribution >= 4 is 11.3 Å². The maximum absolute atomic E-state index is 4.89. The maximum atomic E-state index is 4.89. The third-order valence-corrected chi connectivity index (χ3v) is 5.49. The minimum absolute atomic E-state index is 0.137. The normalized spacial score (nSPS) is 20.3. The van der Waals surface area contributed by atoms with E-state index in [9.17, 15) is 0 Å². The van der Waals surface area contributed by atoms with E-state index < -0.39 is 0 Å². The lowest BCUT2D eigenvalue weighted by Gasteiger charge is -2.36. The molecular weight excluding hydrogens is 252 g/mol. The molecule has 0 atom stereocenters. The smallest absolute Gasteiger partial charge is 0.113 e. The molecule has 1 aliphatic rings. The van der Waals surface area contributed by atoms with Crippen LogP contribution < -0.4 is 5.32 Å². The minimum atomic E-state index is 0.137. The summed E-state index contributed by atoms with van der Waals surface area (Å²) in [6.45, 7) is 8.85. The Bertz CT molecular complexity index is 381. The van der Waals surface area contributed by atoms with Crippen LogP contribution in [0.1, 0.15) is 74.4 Å². The monoisotopic (exact) mass is 280 g/mol. The summed E-state index contributed by atoms with van der Waals surface area (Å²) in [6, 6.07) is 0.518. The van der Waals surface area contributed by atoms with Crippen LogP contribution >= 0.6 is 11.3 Å². The Balaban J connectivity index is 2.31. The number of hydrogen-bond donors (Lipinski definition) is 1. The van der Waals surface area contributed by atoms with E-state index >= 15 is 0 Å². The summed E-state index contributed by atoms with van der Waals surface area (Å²) in [4.78, 5) is 6.26. The molecule has 1 heterocycles. The van der Waals surface area contributed by atoms with Gasteiger partial charge in [0.05, 0.1) is 11.2 Å². The number of rotatable bonds is 3. The second-order valence-electron chi connectivity index (χ2n) is 6.31. The molecule has 0 bridgehead atoms. The Morgan fingerprint density at radius 1 is 1.05 bits per heavy atom. The highest BCUT2D eigenvalue weighted by atomic mass is 32.1. The van der Waals surface area contributed by atoms with Gasteiger partial charge in [-0.25, -0.2) is 4.98 Å². The standard InChI is InChI=1S/C16H28N2S/c1-12(2)18-16(10-8-6-5-7-9-11-16)15-17-13(3)14(4)19-15/h12,18H,5-11H2,1-4H3. The first-order valence-electron chi connectivity index (χ1n) is 7.76. The third kappa shape index (κ3) is 3.57. The number of nitrogens with zero attached hydrogens (tertiary/aromatic N) is 1. The summed E-state index contributed by atoms with van der Waals surface area (Å²) in [6.07, 6.45) is 9.33. The molecule has 19 heavy (non-hydrogen) atoms. The highest BCUT2D eigenvalue weighted by molar-refractivity contribution is 7.11. The van der Waals surface area contributed by atoms with Gasteiger partial charge in [-0.05, 0) is 40.5 Å². The van der Waals surface area contributed by atoms with Gasteiger partial charge in [0.1, 0.15) is 5.01 Å². The summed E-state index contributed by atoms with van der Waals surface area (Å²) in [5.41, 5.74) is 1.35. The number of thiazole rings is 1. The van der Waals surface area contributed by atoms with Crippen molar-refractivity contribution < 1.29 is 0 Å². The van der Waals surface area contributed by atoms with Crippen molar-refractivity contribution in [2.75, 3.05) is 0 Å². The highest BCUT2D eigenvalue weighted by Crippen LogP contribution is 2.38. The van der Waals surface area contributed by atoms with Crippen molar-refractivity contribution in [2.24, 2.45) is 0 Å². The van der Waals surface area contributed by atoms with Gasteiger partial charge in [0, 0.05) is 10.9 Å². The van der Waals surface area contributed by atoms with Crippen LogP contribution in [0.3, 0.4) is 0 Å². The Morgan fingerprint density at radius 2 is 1.63 bits per heavy atom. The Hall–Kier alpha value is -0.410. The van der Waals surface area contributed by atoms with Crippen LogP contribution in [-0.4, -0.2) is 11.0 Å². The molecule has 3 heteroatoms. The first kappa shape index (κ1) is 15.0. The van der Waals surface area contributed by atoms with Crippen molar-refractivity contribution in [3.63, 3.8) is 0 Å². The number of hydrogen-bond acceptors (Lipinski definition) is 3. The van der Waals surface area contributed by atoms with Gasteiger partial charge >= 0.3 is 0 Å². The summed E-state index contributed by atoms with van der Waals surface area (Å²) < 4.78 is 0. The van der Waals surface area contributed by atoms with Crippen molar-refractivity contribution in [2.45, 2.75) is 84.2 Å². The van der Waals surface area contributed by atoms with E-state index in [1.165, 1.54) is 60.5 Å². The van der Waals surface area contributed by atoms with Crippen LogP contribution in [0, 0.1) is 13.8 Å². The first-order valence-corrected chi connectivity index (χ1v) is 8.57. The van der Waals surface area contributed by atoms with Crippen molar-refractivity contribution in [1.82, 2.24) is 10.3 Å². The molecule has 0 unspecified atom stereocenters. The van der Waals surface area contributed by atoms with Gasteiger partial charge in [0.25, 0.3) is 0 Å². The topological polar surface area (TPSA) is 24.9 Å². The average Bonchev–Trinajstić information content (AvgIpc) is 2.63. The maximum Gasteiger partial charge on any atom is 0.113 e. The molecule has 2 rings (SSSR count). The quantitative estimate of drug-likeness (QED) is 0.868. The van der Waals surface area contributed by atoms with Gasteiger partial charge < -0.3 is 5.32 Å². The molecule has 1 saturated carbocycles. The summed E-state index contributed by atoms with van der Waals surface area (Å²) in [5.74, 6) is 0. The van der Waals surface area contributed by atoms with E-state index in [0.717, 1.165) is 0 Å². The van der Waals surface area contributed by atoms with Gasteiger partial charge in [-0.15, -0.1) is 11.3 Å². The van der Waals surface area contributed by atoms with Crippen molar-refractivity contribution in [3.05, 3.63) is 15.6 Å². The van der Waals surface area contributed by atoms with Crippen LogP contribution in [-0.2, 0) is 5.54 Å². The number of aryl methyl sites for hydroxylation is 2. The van der Waals surface area contributed by atoms with Crippen molar-refractivity contribution in [1.29, 1.82) is 0 Å². The molecule has 1 aliphatic carbocycles. The first-order chi connectivity index (χ1) is 9.03. The van der Waals surface area contributed by atoms with E-state index in [1.54, 1.807) is 0 Å².